The molecule has 3 aromatic rings. The maximum Gasteiger partial charge on any atom is 0.238 e. The molecule has 0 saturated carbocycles. The molecule has 1 N–H and O–H groups in total. The number of anilines is 3. The standard InChI is InChI=1S/C26H27N3O2S/c1-28(2)22-13-15-23(16-14-22)29-25(31)18-32-26(29)20-9-11-21(12-10-20)27-24(30)17-8-19-6-4-3-5-7-19/h3-7,9-16,26H,8,17-18H2,1-2H3,(H,27,30)/t26-/m0/s1. The van der Waals surface area contributed by atoms with E-state index in [2.05, 4.69) is 5.32 Å². The van der Waals surface area contributed by atoms with Crippen molar-refractivity contribution in [2.45, 2.75) is 18.2 Å². The number of nitrogens with one attached hydrogen (secondary N) is 1. The van der Waals surface area contributed by atoms with Crippen LogP contribution < -0.4 is 15.1 Å². The molecule has 164 valence electrons. The van der Waals surface area contributed by atoms with E-state index in [1.807, 2.05) is 103 Å². The smallest absolute Gasteiger partial charge is 0.238 e. The Hall–Kier alpha value is -3.25. The van der Waals surface area contributed by atoms with Crippen LogP contribution in [0.3, 0.4) is 0 Å². The molecule has 6 heteroatoms. The Bertz CT molecular complexity index is 1070. The van der Waals surface area contributed by atoms with Crippen molar-refractivity contribution in [3.05, 3.63) is 90.0 Å². The van der Waals surface area contributed by atoms with Gasteiger partial charge in [0.2, 0.25) is 11.8 Å². The van der Waals surface area contributed by atoms with E-state index in [1.54, 1.807) is 11.8 Å². The van der Waals surface area contributed by atoms with Crippen LogP contribution in [0, 0.1) is 0 Å². The molecule has 5 nitrogen and oxygen atoms in total. The van der Waals surface area contributed by atoms with Crippen LogP contribution >= 0.6 is 11.8 Å². The minimum Gasteiger partial charge on any atom is -0.378 e. The molecule has 3 aromatic carbocycles. The Morgan fingerprint density at radius 3 is 2.34 bits per heavy atom. The number of hydrogen-bond acceptors (Lipinski definition) is 4. The molecule has 0 unspecified atom stereocenters. The lowest BCUT2D eigenvalue weighted by atomic mass is 10.1. The van der Waals surface area contributed by atoms with Crippen molar-refractivity contribution in [2.24, 2.45) is 0 Å². The van der Waals surface area contributed by atoms with Gasteiger partial charge in [-0.05, 0) is 53.9 Å². The summed E-state index contributed by atoms with van der Waals surface area (Å²) in [5.41, 5.74) is 4.95. The number of benzene rings is 3. The van der Waals surface area contributed by atoms with Gasteiger partial charge in [-0.1, -0.05) is 42.5 Å². The summed E-state index contributed by atoms with van der Waals surface area (Å²) in [6.45, 7) is 0. The molecule has 0 spiro atoms. The highest BCUT2D eigenvalue weighted by Gasteiger charge is 2.34. The lowest BCUT2D eigenvalue weighted by Crippen LogP contribution is -2.27. The number of carbonyl (C=O) groups is 2. The molecule has 1 fully saturated rings. The maximum atomic E-state index is 12.6. The molecule has 1 heterocycles. The fourth-order valence-corrected chi connectivity index (χ4v) is 4.90. The summed E-state index contributed by atoms with van der Waals surface area (Å²) in [6.07, 6.45) is 1.16. The average Bonchev–Trinajstić information content (AvgIpc) is 3.20. The molecule has 1 saturated heterocycles. The number of nitrogens with zero attached hydrogens (tertiary/aromatic N) is 2. The Balaban J connectivity index is 1.41. The molecule has 1 aliphatic heterocycles. The minimum atomic E-state index is -0.0736. The first-order valence-electron chi connectivity index (χ1n) is 10.7. The van der Waals surface area contributed by atoms with Gasteiger partial charge in [0, 0.05) is 37.6 Å². The van der Waals surface area contributed by atoms with E-state index in [-0.39, 0.29) is 17.2 Å². The zero-order valence-electron chi connectivity index (χ0n) is 18.3. The summed E-state index contributed by atoms with van der Waals surface area (Å²) in [4.78, 5) is 28.8. The Morgan fingerprint density at radius 2 is 1.69 bits per heavy atom. The van der Waals surface area contributed by atoms with Gasteiger partial charge in [0.05, 0.1) is 5.75 Å². The van der Waals surface area contributed by atoms with Gasteiger partial charge in [0.15, 0.2) is 0 Å². The topological polar surface area (TPSA) is 52.6 Å². The number of amides is 2. The molecule has 0 bridgehead atoms. The summed E-state index contributed by atoms with van der Waals surface area (Å²) in [7, 11) is 3.99. The quantitative estimate of drug-likeness (QED) is 0.550. The van der Waals surface area contributed by atoms with Gasteiger partial charge in [-0.2, -0.15) is 0 Å². The molecule has 1 atom stereocenters. The molecule has 1 aliphatic rings. The van der Waals surface area contributed by atoms with Crippen molar-refractivity contribution in [2.75, 3.05) is 35.0 Å². The predicted molar refractivity (Wildman–Crippen MR) is 133 cm³/mol. The van der Waals surface area contributed by atoms with Gasteiger partial charge < -0.3 is 10.2 Å². The Labute approximate surface area is 193 Å². The van der Waals surface area contributed by atoms with Crippen LogP contribution in [0.2, 0.25) is 0 Å². The first-order chi connectivity index (χ1) is 15.5. The van der Waals surface area contributed by atoms with Gasteiger partial charge >= 0.3 is 0 Å². The zero-order valence-corrected chi connectivity index (χ0v) is 19.1. The van der Waals surface area contributed by atoms with Crippen LogP contribution in [0.4, 0.5) is 17.1 Å². The zero-order chi connectivity index (χ0) is 22.5. The van der Waals surface area contributed by atoms with Gasteiger partial charge in [0.25, 0.3) is 0 Å². The van der Waals surface area contributed by atoms with E-state index < -0.39 is 0 Å². The van der Waals surface area contributed by atoms with Crippen molar-refractivity contribution in [3.8, 4) is 0 Å². The second-order valence-electron chi connectivity index (χ2n) is 7.99. The second-order valence-corrected chi connectivity index (χ2v) is 9.06. The lowest BCUT2D eigenvalue weighted by Gasteiger charge is -2.25. The van der Waals surface area contributed by atoms with Crippen LogP contribution in [-0.4, -0.2) is 31.7 Å². The Kier molecular flexibility index (Phi) is 6.81. The van der Waals surface area contributed by atoms with E-state index in [0.29, 0.717) is 18.6 Å². The third-order valence-electron chi connectivity index (χ3n) is 5.48. The minimum absolute atomic E-state index is 0.00497. The van der Waals surface area contributed by atoms with E-state index >= 15 is 0 Å². The van der Waals surface area contributed by atoms with Crippen LogP contribution in [0.1, 0.15) is 22.9 Å². The van der Waals surface area contributed by atoms with Crippen LogP contribution in [-0.2, 0) is 16.0 Å². The average molecular weight is 446 g/mol. The first kappa shape index (κ1) is 22.0. The van der Waals surface area contributed by atoms with E-state index in [1.165, 1.54) is 0 Å². The monoisotopic (exact) mass is 445 g/mol. The molecule has 0 aromatic heterocycles. The molecular weight excluding hydrogens is 418 g/mol. The van der Waals surface area contributed by atoms with Crippen LogP contribution in [0.25, 0.3) is 0 Å². The SMILES string of the molecule is CN(C)c1ccc(N2C(=O)CS[C@H]2c2ccc(NC(=O)CCc3ccccc3)cc2)cc1. The molecular formula is C26H27N3O2S. The maximum absolute atomic E-state index is 12.6. The molecule has 2 amide bonds. The third-order valence-corrected chi connectivity index (χ3v) is 6.69. The van der Waals surface area contributed by atoms with Crippen molar-refractivity contribution in [1.29, 1.82) is 0 Å². The fourth-order valence-electron chi connectivity index (χ4n) is 3.72. The predicted octanol–water partition coefficient (Wildman–Crippen LogP) is 5.10. The highest BCUT2D eigenvalue weighted by Crippen LogP contribution is 2.42. The van der Waals surface area contributed by atoms with E-state index in [4.69, 9.17) is 0 Å². The summed E-state index contributed by atoms with van der Waals surface area (Å²) < 4.78 is 0. The van der Waals surface area contributed by atoms with Crippen LogP contribution in [0.5, 0.6) is 0 Å². The Morgan fingerprint density at radius 1 is 1.00 bits per heavy atom. The summed E-state index contributed by atoms with van der Waals surface area (Å²) in [6, 6.07) is 25.8. The fraction of sp³-hybridized carbons (Fsp3) is 0.231. The van der Waals surface area contributed by atoms with Crippen molar-refractivity contribution >= 4 is 40.6 Å². The number of thioether (sulfide) groups is 1. The highest BCUT2D eigenvalue weighted by atomic mass is 32.2. The number of hydrogen-bond donors (Lipinski definition) is 1. The molecule has 4 rings (SSSR count). The molecule has 32 heavy (non-hydrogen) atoms. The normalized spacial score (nSPS) is 15.6. The van der Waals surface area contributed by atoms with Gasteiger partial charge in [-0.15, -0.1) is 11.8 Å². The summed E-state index contributed by atoms with van der Waals surface area (Å²) in [5, 5.41) is 2.89. The first-order valence-corrected chi connectivity index (χ1v) is 11.7. The van der Waals surface area contributed by atoms with Crippen molar-refractivity contribution < 1.29 is 9.59 Å². The summed E-state index contributed by atoms with van der Waals surface area (Å²) in [5.74, 6) is 0.559. The number of rotatable bonds is 7. The lowest BCUT2D eigenvalue weighted by molar-refractivity contribution is -0.116. The van der Waals surface area contributed by atoms with Crippen molar-refractivity contribution in [1.82, 2.24) is 0 Å². The van der Waals surface area contributed by atoms with E-state index in [0.717, 1.165) is 28.2 Å². The van der Waals surface area contributed by atoms with Gasteiger partial charge in [0.1, 0.15) is 5.37 Å². The van der Waals surface area contributed by atoms with E-state index in [9.17, 15) is 9.59 Å². The number of carbonyl (C=O) groups excluding carboxylic acids is 2. The van der Waals surface area contributed by atoms with Gasteiger partial charge in [-0.25, -0.2) is 0 Å². The largest absolute Gasteiger partial charge is 0.378 e. The highest BCUT2D eigenvalue weighted by molar-refractivity contribution is 8.00. The van der Waals surface area contributed by atoms with Crippen molar-refractivity contribution in [3.63, 3.8) is 0 Å². The molecule has 0 aliphatic carbocycles. The summed E-state index contributed by atoms with van der Waals surface area (Å²) >= 11 is 1.62. The molecule has 0 radical (unpaired) electrons. The number of aryl methyl sites for hydroxylation is 1. The van der Waals surface area contributed by atoms with Crippen LogP contribution in [0.15, 0.2) is 78.9 Å². The van der Waals surface area contributed by atoms with Gasteiger partial charge in [-0.3, -0.25) is 14.5 Å². The second kappa shape index (κ2) is 9.92. The third kappa shape index (κ3) is 5.14.